The minimum absolute atomic E-state index is 0.0137. The van der Waals surface area contributed by atoms with Crippen LogP contribution in [0.1, 0.15) is 20.8 Å². The average Bonchev–Trinajstić information content (AvgIpc) is 2.80. The van der Waals surface area contributed by atoms with Crippen molar-refractivity contribution in [3.63, 3.8) is 0 Å². The van der Waals surface area contributed by atoms with Crippen molar-refractivity contribution in [2.24, 2.45) is 5.73 Å². The second kappa shape index (κ2) is 5.00. The van der Waals surface area contributed by atoms with Crippen LogP contribution >= 0.6 is 0 Å². The topological polar surface area (TPSA) is 120 Å². The molecule has 4 N–H and O–H groups in total. The lowest BCUT2D eigenvalue weighted by Crippen LogP contribution is -2.21. The summed E-state index contributed by atoms with van der Waals surface area (Å²) in [5.74, 6) is -0.429. The summed E-state index contributed by atoms with van der Waals surface area (Å²) in [4.78, 5) is 28.4. The normalized spacial score (nSPS) is 10.3. The van der Waals surface area contributed by atoms with Crippen molar-refractivity contribution >= 4 is 17.5 Å². The van der Waals surface area contributed by atoms with Gasteiger partial charge in [-0.3, -0.25) is 9.59 Å². The van der Waals surface area contributed by atoms with E-state index in [9.17, 15) is 9.59 Å². The lowest BCUT2D eigenvalue weighted by molar-refractivity contribution is 0.0827. The Morgan fingerprint density at radius 1 is 1.30 bits per heavy atom. The number of nitrogens with two attached hydrogens (primary N) is 2. The summed E-state index contributed by atoms with van der Waals surface area (Å²) in [6.07, 6.45) is 2.87. The number of rotatable bonds is 3. The smallest absolute Gasteiger partial charge is 0.271 e. The lowest BCUT2D eigenvalue weighted by atomic mass is 10.2. The van der Waals surface area contributed by atoms with Crippen molar-refractivity contribution in [2.75, 3.05) is 19.8 Å². The van der Waals surface area contributed by atoms with Gasteiger partial charge in [0.1, 0.15) is 0 Å². The number of hydrogen-bond donors (Lipinski definition) is 2. The van der Waals surface area contributed by atoms with Crippen molar-refractivity contribution in [3.8, 4) is 5.82 Å². The molecule has 2 rings (SSSR count). The maximum Gasteiger partial charge on any atom is 0.271 e. The van der Waals surface area contributed by atoms with Crippen LogP contribution in [0.5, 0.6) is 0 Å². The summed E-state index contributed by atoms with van der Waals surface area (Å²) in [7, 11) is 3.31. The monoisotopic (exact) mass is 274 g/mol. The Kier molecular flexibility index (Phi) is 3.38. The van der Waals surface area contributed by atoms with E-state index in [0.29, 0.717) is 11.4 Å². The fourth-order valence-electron chi connectivity index (χ4n) is 1.60. The first kappa shape index (κ1) is 13.5. The number of carbonyl (C=O) groups excluding carboxylic acids is 2. The van der Waals surface area contributed by atoms with E-state index in [1.54, 1.807) is 26.2 Å². The van der Waals surface area contributed by atoms with E-state index < -0.39 is 5.91 Å². The molecule has 20 heavy (non-hydrogen) atoms. The molecular formula is C12H14N6O2. The number of anilines is 1. The average molecular weight is 274 g/mol. The standard InChI is InChI=1S/C12H14N6O2/c1-17(2)12(20)7-3-4-9(15-5-7)18-6-8(13)10(16-18)11(14)19/h3-6H,13H2,1-2H3,(H2,14,19). The van der Waals surface area contributed by atoms with Crippen LogP contribution < -0.4 is 11.5 Å². The van der Waals surface area contributed by atoms with Gasteiger partial charge in [0.15, 0.2) is 11.5 Å². The molecule has 0 saturated heterocycles. The molecule has 0 aliphatic heterocycles. The Labute approximate surface area is 115 Å². The van der Waals surface area contributed by atoms with E-state index in [2.05, 4.69) is 10.1 Å². The van der Waals surface area contributed by atoms with E-state index in [0.717, 1.165) is 0 Å². The van der Waals surface area contributed by atoms with Gasteiger partial charge in [-0.05, 0) is 12.1 Å². The summed E-state index contributed by atoms with van der Waals surface area (Å²) < 4.78 is 1.33. The number of aromatic nitrogens is 3. The predicted octanol–water partition coefficient (Wildman–Crippen LogP) is -0.350. The first-order valence-electron chi connectivity index (χ1n) is 5.73. The number of nitrogen functional groups attached to an aromatic ring is 1. The van der Waals surface area contributed by atoms with Gasteiger partial charge in [-0.25, -0.2) is 9.67 Å². The highest BCUT2D eigenvalue weighted by molar-refractivity contribution is 5.96. The minimum atomic E-state index is -0.708. The molecule has 0 aliphatic rings. The zero-order chi connectivity index (χ0) is 14.9. The molecule has 2 amide bonds. The van der Waals surface area contributed by atoms with Gasteiger partial charge in [0.05, 0.1) is 17.4 Å². The van der Waals surface area contributed by atoms with Gasteiger partial charge in [-0.2, -0.15) is 5.10 Å². The van der Waals surface area contributed by atoms with Crippen LogP contribution in [-0.4, -0.2) is 45.6 Å². The van der Waals surface area contributed by atoms with E-state index in [1.807, 2.05) is 0 Å². The molecule has 0 aromatic carbocycles. The Bertz CT molecular complexity index is 659. The number of carbonyl (C=O) groups is 2. The summed E-state index contributed by atoms with van der Waals surface area (Å²) >= 11 is 0. The van der Waals surface area contributed by atoms with Gasteiger partial charge in [-0.15, -0.1) is 0 Å². The third-order valence-corrected chi connectivity index (χ3v) is 2.61. The van der Waals surface area contributed by atoms with Crippen LogP contribution in [0.2, 0.25) is 0 Å². The van der Waals surface area contributed by atoms with Crippen molar-refractivity contribution in [3.05, 3.63) is 35.8 Å². The second-order valence-corrected chi connectivity index (χ2v) is 4.35. The zero-order valence-electron chi connectivity index (χ0n) is 11.1. The van der Waals surface area contributed by atoms with Gasteiger partial charge in [0, 0.05) is 20.3 Å². The largest absolute Gasteiger partial charge is 0.396 e. The number of primary amides is 1. The maximum atomic E-state index is 11.7. The van der Waals surface area contributed by atoms with Crippen LogP contribution in [0.25, 0.3) is 5.82 Å². The van der Waals surface area contributed by atoms with Crippen LogP contribution in [0, 0.1) is 0 Å². The molecular weight excluding hydrogens is 260 g/mol. The lowest BCUT2D eigenvalue weighted by Gasteiger charge is -2.09. The van der Waals surface area contributed by atoms with E-state index >= 15 is 0 Å². The highest BCUT2D eigenvalue weighted by atomic mass is 16.2. The van der Waals surface area contributed by atoms with Crippen LogP contribution in [0.3, 0.4) is 0 Å². The second-order valence-electron chi connectivity index (χ2n) is 4.35. The molecule has 0 unspecified atom stereocenters. The molecule has 8 nitrogen and oxygen atoms in total. The molecule has 2 aromatic heterocycles. The minimum Gasteiger partial charge on any atom is -0.396 e. The number of pyridine rings is 1. The van der Waals surface area contributed by atoms with Crippen LogP contribution in [-0.2, 0) is 0 Å². The summed E-state index contributed by atoms with van der Waals surface area (Å²) in [5, 5.41) is 3.95. The molecule has 0 fully saturated rings. The first-order chi connectivity index (χ1) is 9.40. The molecule has 2 heterocycles. The fraction of sp³-hybridized carbons (Fsp3) is 0.167. The van der Waals surface area contributed by atoms with Crippen molar-refractivity contribution in [2.45, 2.75) is 0 Å². The molecule has 8 heteroatoms. The predicted molar refractivity (Wildman–Crippen MR) is 72.3 cm³/mol. The summed E-state index contributed by atoms with van der Waals surface area (Å²) in [5.41, 5.74) is 11.4. The van der Waals surface area contributed by atoms with E-state index in [4.69, 9.17) is 11.5 Å². The van der Waals surface area contributed by atoms with Gasteiger partial charge in [0.2, 0.25) is 0 Å². The van der Waals surface area contributed by atoms with Gasteiger partial charge in [0.25, 0.3) is 11.8 Å². The Hall–Kier alpha value is -2.90. The number of hydrogen-bond acceptors (Lipinski definition) is 5. The molecule has 0 aliphatic carbocycles. The third-order valence-electron chi connectivity index (χ3n) is 2.61. The van der Waals surface area contributed by atoms with Crippen LogP contribution in [0.15, 0.2) is 24.5 Å². The van der Waals surface area contributed by atoms with E-state index in [-0.39, 0.29) is 17.3 Å². The fourth-order valence-corrected chi connectivity index (χ4v) is 1.60. The van der Waals surface area contributed by atoms with Gasteiger partial charge >= 0.3 is 0 Å². The highest BCUT2D eigenvalue weighted by Gasteiger charge is 2.13. The Morgan fingerprint density at radius 3 is 2.45 bits per heavy atom. The SMILES string of the molecule is CN(C)C(=O)c1ccc(-n2cc(N)c(C(N)=O)n2)nc1. The molecule has 2 aromatic rings. The van der Waals surface area contributed by atoms with Gasteiger partial charge in [-0.1, -0.05) is 0 Å². The van der Waals surface area contributed by atoms with Crippen molar-refractivity contribution < 1.29 is 9.59 Å². The Balaban J connectivity index is 2.33. The third kappa shape index (κ3) is 2.44. The number of amides is 2. The highest BCUT2D eigenvalue weighted by Crippen LogP contribution is 2.13. The summed E-state index contributed by atoms with van der Waals surface area (Å²) in [6, 6.07) is 3.22. The molecule has 0 saturated carbocycles. The molecule has 0 spiro atoms. The molecule has 0 bridgehead atoms. The van der Waals surface area contributed by atoms with E-state index in [1.165, 1.54) is 22.0 Å². The van der Waals surface area contributed by atoms with Crippen molar-refractivity contribution in [1.29, 1.82) is 0 Å². The molecule has 0 atom stereocenters. The summed E-state index contributed by atoms with van der Waals surface area (Å²) in [6.45, 7) is 0. The number of nitrogens with zero attached hydrogens (tertiary/aromatic N) is 4. The van der Waals surface area contributed by atoms with Crippen LogP contribution in [0.4, 0.5) is 5.69 Å². The molecule has 0 radical (unpaired) electrons. The first-order valence-corrected chi connectivity index (χ1v) is 5.73. The zero-order valence-corrected chi connectivity index (χ0v) is 11.1. The van der Waals surface area contributed by atoms with Gasteiger partial charge < -0.3 is 16.4 Å². The van der Waals surface area contributed by atoms with Crippen molar-refractivity contribution in [1.82, 2.24) is 19.7 Å². The quantitative estimate of drug-likeness (QED) is 0.792. The maximum absolute atomic E-state index is 11.7. The Morgan fingerprint density at radius 2 is 2.00 bits per heavy atom. The molecule has 104 valence electrons.